The predicted molar refractivity (Wildman–Crippen MR) is 99.6 cm³/mol. The Bertz CT molecular complexity index is 1030. The molecule has 4 rings (SSSR count). The molecule has 11 heteroatoms. The van der Waals surface area contributed by atoms with Crippen LogP contribution in [0.5, 0.6) is 0 Å². The molecule has 0 radical (unpaired) electrons. The number of pyridine rings is 1. The van der Waals surface area contributed by atoms with Crippen LogP contribution in [0.4, 0.5) is 23.8 Å². The van der Waals surface area contributed by atoms with Gasteiger partial charge in [0, 0.05) is 44.6 Å². The Morgan fingerprint density at radius 1 is 1.31 bits per heavy atom. The number of hydrogen-bond donors (Lipinski definition) is 1. The summed E-state index contributed by atoms with van der Waals surface area (Å²) in [6.45, 7) is -0.221. The molecule has 1 amide bonds. The van der Waals surface area contributed by atoms with Crippen LogP contribution >= 0.6 is 0 Å². The summed E-state index contributed by atoms with van der Waals surface area (Å²) in [5, 5.41) is 1.81. The number of hydrogen-bond acceptors (Lipinski definition) is 6. The molecule has 0 saturated carbocycles. The number of nitrogens with zero attached hydrogens (tertiary/aromatic N) is 5. The fourth-order valence-electron chi connectivity index (χ4n) is 3.53. The highest BCUT2D eigenvalue weighted by atomic mass is 19.4. The Morgan fingerprint density at radius 2 is 2.07 bits per heavy atom. The molecule has 4 heterocycles. The molecule has 8 nitrogen and oxygen atoms in total. The lowest BCUT2D eigenvalue weighted by atomic mass is 10.1. The molecule has 1 saturated heterocycles. The highest BCUT2D eigenvalue weighted by molar-refractivity contribution is 6.08. The number of halogens is 3. The zero-order valence-corrected chi connectivity index (χ0v) is 15.6. The predicted octanol–water partition coefficient (Wildman–Crippen LogP) is 3.11. The van der Waals surface area contributed by atoms with Crippen LogP contribution in [0.1, 0.15) is 12.8 Å². The van der Waals surface area contributed by atoms with Crippen LogP contribution in [-0.2, 0) is 4.74 Å². The third-order valence-electron chi connectivity index (χ3n) is 4.90. The van der Waals surface area contributed by atoms with Crippen molar-refractivity contribution in [2.24, 2.45) is 0 Å². The molecule has 0 aromatic carbocycles. The van der Waals surface area contributed by atoms with Crippen molar-refractivity contribution in [3.63, 3.8) is 0 Å². The zero-order valence-electron chi connectivity index (χ0n) is 15.6. The summed E-state index contributed by atoms with van der Waals surface area (Å²) < 4.78 is 42.5. The van der Waals surface area contributed by atoms with Crippen LogP contribution < -0.4 is 4.90 Å². The van der Waals surface area contributed by atoms with Crippen LogP contribution in [0.3, 0.4) is 0 Å². The monoisotopic (exact) mass is 408 g/mol. The van der Waals surface area contributed by atoms with Gasteiger partial charge in [-0.1, -0.05) is 0 Å². The Hall–Kier alpha value is -3.11. The molecule has 0 aliphatic carbocycles. The summed E-state index contributed by atoms with van der Waals surface area (Å²) in [5.41, 5.74) is 1.47. The molecule has 0 spiro atoms. The summed E-state index contributed by atoms with van der Waals surface area (Å²) in [4.78, 5) is 30.6. The molecular weight excluding hydrogens is 389 g/mol. The molecule has 0 unspecified atom stereocenters. The molecule has 29 heavy (non-hydrogen) atoms. The summed E-state index contributed by atoms with van der Waals surface area (Å²) in [7, 11) is 1.08. The van der Waals surface area contributed by atoms with Gasteiger partial charge in [0.25, 0.3) is 0 Å². The van der Waals surface area contributed by atoms with Crippen LogP contribution in [0, 0.1) is 0 Å². The first-order valence-electron chi connectivity index (χ1n) is 9.12. The summed E-state index contributed by atoms with van der Waals surface area (Å²) >= 11 is 0. The van der Waals surface area contributed by atoms with Crippen LogP contribution in [0.2, 0.25) is 0 Å². The number of ether oxygens (including phenoxy) is 1. The topological polar surface area (TPSA) is 87.2 Å². The molecule has 1 aliphatic heterocycles. The molecule has 1 aliphatic rings. The second kappa shape index (κ2) is 7.37. The number of rotatable bonds is 3. The minimum Gasteiger partial charge on any atom is -0.446 e. The van der Waals surface area contributed by atoms with E-state index >= 15 is 0 Å². The molecule has 1 N–H and O–H groups in total. The van der Waals surface area contributed by atoms with Crippen LogP contribution in [0.15, 0.2) is 24.8 Å². The van der Waals surface area contributed by atoms with Crippen molar-refractivity contribution in [1.82, 2.24) is 24.8 Å². The number of alkyl halides is 3. The first-order valence-corrected chi connectivity index (χ1v) is 9.12. The largest absolute Gasteiger partial charge is 0.446 e. The number of H-pyrrole nitrogens is 1. The fourth-order valence-corrected chi connectivity index (χ4v) is 3.53. The Balaban J connectivity index is 1.45. The lowest BCUT2D eigenvalue weighted by Crippen LogP contribution is -2.42. The van der Waals surface area contributed by atoms with Gasteiger partial charge in [-0.15, -0.1) is 0 Å². The number of fused-ring (bicyclic) bond motifs is 3. The molecule has 1 fully saturated rings. The number of piperidine rings is 1. The lowest BCUT2D eigenvalue weighted by molar-refractivity contribution is -0.141. The number of carbonyl (C=O) groups is 1. The summed E-state index contributed by atoms with van der Waals surface area (Å²) in [6, 6.07) is 1.92. The van der Waals surface area contributed by atoms with Crippen molar-refractivity contribution in [2.75, 3.05) is 31.6 Å². The first-order chi connectivity index (χ1) is 13.8. The molecule has 0 atom stereocenters. The van der Waals surface area contributed by atoms with Crippen LogP contribution in [0.25, 0.3) is 21.9 Å². The lowest BCUT2D eigenvalue weighted by Gasteiger charge is -2.33. The molecule has 3 aromatic rings. The van der Waals surface area contributed by atoms with E-state index in [-0.39, 0.29) is 0 Å². The maximum atomic E-state index is 12.4. The average Bonchev–Trinajstić information content (AvgIpc) is 3.16. The maximum Gasteiger partial charge on any atom is 0.410 e. The number of carbonyl (C=O) groups excluding carboxylic acids is 1. The molecule has 0 bridgehead atoms. The van der Waals surface area contributed by atoms with Gasteiger partial charge in [0.05, 0.1) is 17.1 Å². The van der Waals surface area contributed by atoms with Crippen molar-refractivity contribution >= 4 is 33.8 Å². The van der Waals surface area contributed by atoms with Gasteiger partial charge in [0.1, 0.15) is 30.4 Å². The normalized spacial score (nSPS) is 15.8. The molecular formula is C18H19F3N6O2. The van der Waals surface area contributed by atoms with E-state index in [0.717, 1.165) is 34.8 Å². The third kappa shape index (κ3) is 4.03. The first kappa shape index (κ1) is 19.2. The second-order valence-corrected chi connectivity index (χ2v) is 7.00. The van der Waals surface area contributed by atoms with Crippen molar-refractivity contribution in [1.29, 1.82) is 0 Å². The highest BCUT2D eigenvalue weighted by Crippen LogP contribution is 2.31. The van der Waals surface area contributed by atoms with E-state index in [9.17, 15) is 18.0 Å². The van der Waals surface area contributed by atoms with Gasteiger partial charge in [-0.25, -0.2) is 19.7 Å². The van der Waals surface area contributed by atoms with E-state index in [4.69, 9.17) is 4.74 Å². The summed E-state index contributed by atoms with van der Waals surface area (Å²) in [5.74, 6) is 0.765. The minimum absolute atomic E-state index is 0.434. The van der Waals surface area contributed by atoms with Gasteiger partial charge < -0.3 is 19.5 Å². The Morgan fingerprint density at radius 3 is 2.79 bits per heavy atom. The average molecular weight is 408 g/mol. The van der Waals surface area contributed by atoms with Crippen molar-refractivity contribution < 1.29 is 22.7 Å². The number of amides is 1. The quantitative estimate of drug-likeness (QED) is 0.717. The number of aromatic amines is 1. The number of aromatic nitrogens is 4. The van der Waals surface area contributed by atoms with Gasteiger partial charge in [-0.3, -0.25) is 0 Å². The van der Waals surface area contributed by atoms with Gasteiger partial charge in [-0.05, 0) is 6.07 Å². The zero-order chi connectivity index (χ0) is 20.6. The Kier molecular flexibility index (Phi) is 4.89. The van der Waals surface area contributed by atoms with Gasteiger partial charge >= 0.3 is 12.3 Å². The second-order valence-electron chi connectivity index (χ2n) is 7.00. The van der Waals surface area contributed by atoms with E-state index in [2.05, 4.69) is 24.8 Å². The van der Waals surface area contributed by atoms with E-state index in [1.807, 2.05) is 6.07 Å². The minimum atomic E-state index is -4.45. The standard InChI is InChI=1S/C18H19F3N6O2/c1-26(9-18(19,20)21)17(28)29-11-3-6-27(7-4-11)16-14-12-2-5-22-15(12)23-8-13(14)24-10-25-16/h2,5,8,10-11H,3-4,6-7,9H2,1H3,(H,22,23). The van der Waals surface area contributed by atoms with Crippen LogP contribution in [-0.4, -0.2) is 69.9 Å². The molecule has 3 aromatic heterocycles. The Labute approximate surface area is 163 Å². The van der Waals surface area contributed by atoms with Crippen molar-refractivity contribution in [2.45, 2.75) is 25.1 Å². The van der Waals surface area contributed by atoms with Gasteiger partial charge in [-0.2, -0.15) is 13.2 Å². The number of nitrogens with one attached hydrogen (secondary N) is 1. The van der Waals surface area contributed by atoms with E-state index < -0.39 is 24.9 Å². The summed E-state index contributed by atoms with van der Waals surface area (Å²) in [6.07, 6.45) is 0.114. The maximum absolute atomic E-state index is 12.4. The van der Waals surface area contributed by atoms with Crippen molar-refractivity contribution in [3.8, 4) is 0 Å². The SMILES string of the molecule is CN(CC(F)(F)F)C(=O)OC1CCN(c2ncnc3cnc4[nH]ccc4c23)CC1. The van der Waals surface area contributed by atoms with E-state index in [1.165, 1.54) is 6.33 Å². The molecule has 154 valence electrons. The third-order valence-corrected chi connectivity index (χ3v) is 4.90. The fraction of sp³-hybridized carbons (Fsp3) is 0.444. The number of anilines is 1. The van der Waals surface area contributed by atoms with E-state index in [1.54, 1.807) is 12.4 Å². The van der Waals surface area contributed by atoms with Gasteiger partial charge in [0.2, 0.25) is 0 Å². The highest BCUT2D eigenvalue weighted by Gasteiger charge is 2.33. The smallest absolute Gasteiger partial charge is 0.410 e. The van der Waals surface area contributed by atoms with E-state index in [0.29, 0.717) is 30.8 Å². The van der Waals surface area contributed by atoms with Gasteiger partial charge in [0.15, 0.2) is 0 Å². The van der Waals surface area contributed by atoms with Crippen molar-refractivity contribution in [3.05, 3.63) is 24.8 Å².